The van der Waals surface area contributed by atoms with E-state index in [0.717, 1.165) is 25.0 Å². The van der Waals surface area contributed by atoms with Gasteiger partial charge >= 0.3 is 0 Å². The van der Waals surface area contributed by atoms with Crippen LogP contribution in [0.15, 0.2) is 4.99 Å². The topological polar surface area (TPSA) is 36.4 Å². The second-order valence-electron chi connectivity index (χ2n) is 4.28. The molecule has 0 radical (unpaired) electrons. The summed E-state index contributed by atoms with van der Waals surface area (Å²) in [7, 11) is 0. The molecule has 0 amide bonds. The lowest BCUT2D eigenvalue weighted by Crippen LogP contribution is -2.49. The molecule has 0 aromatic heterocycles. The van der Waals surface area contributed by atoms with Gasteiger partial charge in [-0.1, -0.05) is 0 Å². The Morgan fingerprint density at radius 2 is 2.25 bits per heavy atom. The van der Waals surface area contributed by atoms with Crippen molar-refractivity contribution in [2.24, 2.45) is 10.9 Å². The van der Waals surface area contributed by atoms with Gasteiger partial charge in [0.2, 0.25) is 0 Å². The van der Waals surface area contributed by atoms with Gasteiger partial charge in [-0.15, -0.1) is 0 Å². The Morgan fingerprint density at radius 3 is 2.75 bits per heavy atom. The first-order chi connectivity index (χ1) is 5.68. The van der Waals surface area contributed by atoms with E-state index in [2.05, 4.69) is 29.5 Å². The fraction of sp³-hybridized carbons (Fsp3) is 0.889. The molecule has 3 heteroatoms. The minimum atomic E-state index is 0.232. The van der Waals surface area contributed by atoms with Crippen molar-refractivity contribution < 1.29 is 0 Å². The summed E-state index contributed by atoms with van der Waals surface area (Å²) in [6.07, 6.45) is 2.74. The first-order valence-electron chi connectivity index (χ1n) is 4.75. The van der Waals surface area contributed by atoms with Crippen LogP contribution in [0.1, 0.15) is 26.7 Å². The third kappa shape index (κ3) is 1.54. The second kappa shape index (κ2) is 2.64. The van der Waals surface area contributed by atoms with E-state index >= 15 is 0 Å². The average Bonchev–Trinajstić information content (AvgIpc) is 2.74. The first-order valence-corrected chi connectivity index (χ1v) is 4.75. The molecule has 1 fully saturated rings. The molecular weight excluding hydrogens is 150 g/mol. The van der Waals surface area contributed by atoms with Gasteiger partial charge in [0.15, 0.2) is 5.96 Å². The molecule has 0 aromatic carbocycles. The van der Waals surface area contributed by atoms with Crippen molar-refractivity contribution >= 4 is 5.96 Å². The van der Waals surface area contributed by atoms with Crippen molar-refractivity contribution in [2.75, 3.05) is 13.1 Å². The minimum Gasteiger partial charge on any atom is -0.355 e. The molecule has 0 unspecified atom stereocenters. The molecule has 0 bridgehead atoms. The van der Waals surface area contributed by atoms with Gasteiger partial charge < -0.3 is 10.6 Å². The van der Waals surface area contributed by atoms with E-state index < -0.39 is 0 Å². The normalized spacial score (nSPS) is 23.3. The van der Waals surface area contributed by atoms with Crippen LogP contribution in [0.2, 0.25) is 0 Å². The van der Waals surface area contributed by atoms with E-state index in [1.54, 1.807) is 0 Å². The van der Waals surface area contributed by atoms with Crippen molar-refractivity contribution in [1.82, 2.24) is 10.6 Å². The van der Waals surface area contributed by atoms with Crippen LogP contribution in [0.5, 0.6) is 0 Å². The number of hydrogen-bond acceptors (Lipinski definition) is 3. The summed E-state index contributed by atoms with van der Waals surface area (Å²) in [5.74, 6) is 1.84. The maximum absolute atomic E-state index is 4.33. The molecular formula is C9H17N3. The Morgan fingerprint density at radius 1 is 1.50 bits per heavy atom. The Kier molecular flexibility index (Phi) is 1.74. The van der Waals surface area contributed by atoms with E-state index in [4.69, 9.17) is 0 Å². The molecule has 0 atom stereocenters. The summed E-state index contributed by atoms with van der Waals surface area (Å²) in [6, 6.07) is 0. The van der Waals surface area contributed by atoms with Crippen LogP contribution in [-0.2, 0) is 0 Å². The molecule has 68 valence electrons. The zero-order valence-electron chi connectivity index (χ0n) is 7.85. The summed E-state index contributed by atoms with van der Waals surface area (Å²) in [5, 5.41) is 6.69. The number of aliphatic imine (C=N–C) groups is 1. The Bertz CT molecular complexity index is 204. The van der Waals surface area contributed by atoms with Crippen molar-refractivity contribution in [1.29, 1.82) is 0 Å². The van der Waals surface area contributed by atoms with E-state index in [1.165, 1.54) is 12.8 Å². The molecule has 0 aromatic rings. The Labute approximate surface area is 73.6 Å². The van der Waals surface area contributed by atoms with Gasteiger partial charge in [-0.3, -0.25) is 4.99 Å². The van der Waals surface area contributed by atoms with Crippen LogP contribution in [0, 0.1) is 5.92 Å². The summed E-state index contributed by atoms with van der Waals surface area (Å²) < 4.78 is 0. The van der Waals surface area contributed by atoms with Crippen molar-refractivity contribution in [2.45, 2.75) is 32.2 Å². The van der Waals surface area contributed by atoms with E-state index in [9.17, 15) is 0 Å². The lowest BCUT2D eigenvalue weighted by Gasteiger charge is -2.27. The summed E-state index contributed by atoms with van der Waals surface area (Å²) in [6.45, 7) is 6.42. The molecule has 1 aliphatic carbocycles. The van der Waals surface area contributed by atoms with Gasteiger partial charge in [0.1, 0.15) is 0 Å². The highest BCUT2D eigenvalue weighted by molar-refractivity contribution is 5.81. The fourth-order valence-electron chi connectivity index (χ4n) is 1.69. The van der Waals surface area contributed by atoms with Gasteiger partial charge in [-0.05, 0) is 32.6 Å². The lowest BCUT2D eigenvalue weighted by atomic mass is 9.99. The summed E-state index contributed by atoms with van der Waals surface area (Å²) in [5.41, 5.74) is 0.232. The van der Waals surface area contributed by atoms with Crippen LogP contribution < -0.4 is 10.6 Å². The quantitative estimate of drug-likeness (QED) is 0.636. The smallest absolute Gasteiger partial charge is 0.191 e. The van der Waals surface area contributed by atoms with Crippen LogP contribution >= 0.6 is 0 Å². The number of hydrogen-bond donors (Lipinski definition) is 2. The highest BCUT2D eigenvalue weighted by atomic mass is 15.2. The van der Waals surface area contributed by atoms with Crippen LogP contribution in [-0.4, -0.2) is 24.6 Å². The molecule has 1 saturated carbocycles. The third-order valence-electron chi connectivity index (χ3n) is 2.71. The largest absolute Gasteiger partial charge is 0.355 e. The molecule has 2 rings (SSSR count). The monoisotopic (exact) mass is 167 g/mol. The maximum atomic E-state index is 4.33. The summed E-state index contributed by atoms with van der Waals surface area (Å²) in [4.78, 5) is 4.33. The average molecular weight is 167 g/mol. The first kappa shape index (κ1) is 7.90. The molecule has 0 spiro atoms. The number of nitrogens with one attached hydrogen (secondary N) is 2. The van der Waals surface area contributed by atoms with Gasteiger partial charge in [0.05, 0.1) is 6.54 Å². The molecule has 0 saturated heterocycles. The van der Waals surface area contributed by atoms with E-state index in [-0.39, 0.29) is 5.54 Å². The van der Waals surface area contributed by atoms with Crippen LogP contribution in [0.4, 0.5) is 0 Å². The second-order valence-corrected chi connectivity index (χ2v) is 4.28. The highest BCUT2D eigenvalue weighted by Gasteiger charge is 2.38. The number of nitrogens with zero attached hydrogens (tertiary/aromatic N) is 1. The van der Waals surface area contributed by atoms with Gasteiger partial charge in [0.25, 0.3) is 0 Å². The van der Waals surface area contributed by atoms with Gasteiger partial charge in [-0.25, -0.2) is 0 Å². The fourth-order valence-corrected chi connectivity index (χ4v) is 1.69. The summed E-state index contributed by atoms with van der Waals surface area (Å²) >= 11 is 0. The molecule has 3 nitrogen and oxygen atoms in total. The Balaban J connectivity index is 1.91. The predicted octanol–water partition coefficient (Wildman–Crippen LogP) is 0.724. The SMILES string of the molecule is CC(C)(NC1=NCCN1)C1CC1. The maximum Gasteiger partial charge on any atom is 0.191 e. The predicted molar refractivity (Wildman–Crippen MR) is 50.2 cm³/mol. The molecule has 2 aliphatic rings. The molecule has 1 heterocycles. The number of rotatable bonds is 2. The van der Waals surface area contributed by atoms with Gasteiger partial charge in [0, 0.05) is 12.1 Å². The lowest BCUT2D eigenvalue weighted by molar-refractivity contribution is 0.398. The molecule has 12 heavy (non-hydrogen) atoms. The number of guanidine groups is 1. The molecule has 1 aliphatic heterocycles. The van der Waals surface area contributed by atoms with Gasteiger partial charge in [-0.2, -0.15) is 0 Å². The van der Waals surface area contributed by atoms with Crippen molar-refractivity contribution in [3.63, 3.8) is 0 Å². The zero-order chi connectivity index (χ0) is 8.60. The third-order valence-corrected chi connectivity index (χ3v) is 2.71. The highest BCUT2D eigenvalue weighted by Crippen LogP contribution is 2.39. The zero-order valence-corrected chi connectivity index (χ0v) is 7.85. The van der Waals surface area contributed by atoms with Crippen LogP contribution in [0.25, 0.3) is 0 Å². The minimum absolute atomic E-state index is 0.232. The Hall–Kier alpha value is -0.730. The van der Waals surface area contributed by atoms with E-state index in [0.29, 0.717) is 0 Å². The standard InChI is InChI=1S/C9H17N3/c1-9(2,7-3-4-7)12-8-10-5-6-11-8/h7H,3-6H2,1-2H3,(H2,10,11,12). The molecule has 2 N–H and O–H groups in total. The van der Waals surface area contributed by atoms with Crippen molar-refractivity contribution in [3.8, 4) is 0 Å². The van der Waals surface area contributed by atoms with E-state index in [1.807, 2.05) is 0 Å². The van der Waals surface area contributed by atoms with Crippen molar-refractivity contribution in [3.05, 3.63) is 0 Å². The van der Waals surface area contributed by atoms with Crippen LogP contribution in [0.3, 0.4) is 0 Å².